The fraction of sp³-hybridized carbons (Fsp3) is 0.533. The molecule has 20 heavy (non-hydrogen) atoms. The van der Waals surface area contributed by atoms with Gasteiger partial charge in [-0.1, -0.05) is 11.6 Å². The third-order valence-electron chi connectivity index (χ3n) is 3.38. The molecular formula is C15H21NO4. The molecule has 0 aromatic heterocycles. The highest BCUT2D eigenvalue weighted by Gasteiger charge is 2.27. The van der Waals surface area contributed by atoms with E-state index in [0.717, 1.165) is 23.1 Å². The second-order valence-corrected chi connectivity index (χ2v) is 5.13. The summed E-state index contributed by atoms with van der Waals surface area (Å²) in [5.41, 5.74) is 2.67. The Kier molecular flexibility index (Phi) is 4.62. The summed E-state index contributed by atoms with van der Waals surface area (Å²) >= 11 is 0. The van der Waals surface area contributed by atoms with Gasteiger partial charge in [0.2, 0.25) is 5.91 Å². The van der Waals surface area contributed by atoms with Gasteiger partial charge in [0.15, 0.2) is 0 Å². The van der Waals surface area contributed by atoms with Gasteiger partial charge >= 0.3 is 0 Å². The predicted molar refractivity (Wildman–Crippen MR) is 74.7 cm³/mol. The Hall–Kier alpha value is -1.59. The number of fused-ring (bicyclic) bond motifs is 1. The predicted octanol–water partition coefficient (Wildman–Crippen LogP) is 1.63. The highest BCUT2D eigenvalue weighted by Crippen LogP contribution is 2.38. The van der Waals surface area contributed by atoms with Crippen LogP contribution in [0.1, 0.15) is 42.2 Å². The van der Waals surface area contributed by atoms with Crippen molar-refractivity contribution < 1.29 is 19.4 Å². The van der Waals surface area contributed by atoms with E-state index in [9.17, 15) is 9.90 Å². The number of carbonyl (C=O) groups is 1. The monoisotopic (exact) mass is 279 g/mol. The van der Waals surface area contributed by atoms with Gasteiger partial charge in [-0.3, -0.25) is 4.79 Å². The number of aliphatic hydroxyl groups is 1. The number of amides is 1. The van der Waals surface area contributed by atoms with Gasteiger partial charge in [0.25, 0.3) is 0 Å². The molecule has 5 heteroatoms. The summed E-state index contributed by atoms with van der Waals surface area (Å²) in [5.74, 6) is 0.605. The van der Waals surface area contributed by atoms with Crippen molar-refractivity contribution in [2.45, 2.75) is 32.4 Å². The molecule has 1 aromatic rings. The third-order valence-corrected chi connectivity index (χ3v) is 3.38. The highest BCUT2D eigenvalue weighted by atomic mass is 16.5. The van der Waals surface area contributed by atoms with E-state index < -0.39 is 6.10 Å². The summed E-state index contributed by atoms with van der Waals surface area (Å²) in [6.07, 6.45) is 0.000257. The van der Waals surface area contributed by atoms with E-state index in [2.05, 4.69) is 5.32 Å². The molecule has 2 N–H and O–H groups in total. The van der Waals surface area contributed by atoms with Crippen molar-refractivity contribution >= 4 is 5.91 Å². The van der Waals surface area contributed by atoms with Crippen molar-refractivity contribution in [1.82, 2.24) is 5.32 Å². The highest BCUT2D eigenvalue weighted by molar-refractivity contribution is 5.73. The maximum Gasteiger partial charge on any atom is 0.217 e. The van der Waals surface area contributed by atoms with Gasteiger partial charge in [0.05, 0.1) is 19.3 Å². The van der Waals surface area contributed by atoms with Gasteiger partial charge in [-0.15, -0.1) is 0 Å². The van der Waals surface area contributed by atoms with Crippen molar-refractivity contribution in [2.24, 2.45) is 0 Å². The Morgan fingerprint density at radius 3 is 3.00 bits per heavy atom. The number of rotatable bonds is 4. The number of hydrogen-bond acceptors (Lipinski definition) is 4. The van der Waals surface area contributed by atoms with Crippen LogP contribution in [0.15, 0.2) is 12.1 Å². The Morgan fingerprint density at radius 1 is 1.60 bits per heavy atom. The van der Waals surface area contributed by atoms with Crippen LogP contribution in [-0.4, -0.2) is 31.3 Å². The zero-order valence-electron chi connectivity index (χ0n) is 12.1. The molecule has 1 aromatic carbocycles. The van der Waals surface area contributed by atoms with Gasteiger partial charge in [0.1, 0.15) is 11.9 Å². The molecule has 0 saturated heterocycles. The molecule has 0 saturated carbocycles. The number of carbonyl (C=O) groups excluding carboxylic acids is 1. The normalized spacial score (nSPS) is 18.9. The number of methoxy groups -OCH3 is 1. The molecule has 0 radical (unpaired) electrons. The van der Waals surface area contributed by atoms with Gasteiger partial charge in [0, 0.05) is 31.6 Å². The molecule has 1 amide bonds. The minimum absolute atomic E-state index is 0.0651. The largest absolute Gasteiger partial charge is 0.493 e. The second-order valence-electron chi connectivity index (χ2n) is 5.13. The first-order valence-corrected chi connectivity index (χ1v) is 6.74. The summed E-state index contributed by atoms with van der Waals surface area (Å²) in [6, 6.07) is 3.83. The molecule has 1 aliphatic heterocycles. The van der Waals surface area contributed by atoms with Crippen LogP contribution in [0.2, 0.25) is 0 Å². The van der Waals surface area contributed by atoms with E-state index in [0.29, 0.717) is 12.4 Å². The number of aryl methyl sites for hydroxylation is 1. The minimum Gasteiger partial charge on any atom is -0.493 e. The smallest absolute Gasteiger partial charge is 0.217 e. The number of hydrogen-bond donors (Lipinski definition) is 2. The molecule has 0 bridgehead atoms. The van der Waals surface area contributed by atoms with Gasteiger partial charge < -0.3 is 19.9 Å². The fourth-order valence-electron chi connectivity index (χ4n) is 2.58. The standard InChI is InChI=1S/C15H21NO4/c1-9-6-11-13(16-10(2)17)4-5-20-15(11)12(7-9)14(18)8-19-3/h6-7,13-14,18H,4-5,8H2,1-3H3,(H,16,17). The first kappa shape index (κ1) is 14.8. The maximum atomic E-state index is 11.3. The molecule has 5 nitrogen and oxygen atoms in total. The molecule has 2 rings (SSSR count). The topological polar surface area (TPSA) is 67.8 Å². The van der Waals surface area contributed by atoms with E-state index in [1.807, 2.05) is 19.1 Å². The van der Waals surface area contributed by atoms with Crippen LogP contribution in [0.5, 0.6) is 5.75 Å². The van der Waals surface area contributed by atoms with E-state index in [4.69, 9.17) is 9.47 Å². The molecule has 2 atom stereocenters. The van der Waals surface area contributed by atoms with Crippen molar-refractivity contribution in [3.63, 3.8) is 0 Å². The fourth-order valence-corrected chi connectivity index (χ4v) is 2.58. The molecule has 2 unspecified atom stereocenters. The van der Waals surface area contributed by atoms with Crippen molar-refractivity contribution in [2.75, 3.05) is 20.3 Å². The minimum atomic E-state index is -0.732. The molecule has 0 aliphatic carbocycles. The Labute approximate surface area is 118 Å². The van der Waals surface area contributed by atoms with Crippen molar-refractivity contribution in [1.29, 1.82) is 0 Å². The first-order valence-electron chi connectivity index (χ1n) is 6.74. The van der Waals surface area contributed by atoms with E-state index in [1.165, 1.54) is 6.92 Å². The molecule has 0 fully saturated rings. The molecule has 110 valence electrons. The van der Waals surface area contributed by atoms with Crippen molar-refractivity contribution in [3.05, 3.63) is 28.8 Å². The van der Waals surface area contributed by atoms with Crippen molar-refractivity contribution in [3.8, 4) is 5.75 Å². The van der Waals surface area contributed by atoms with Crippen LogP contribution >= 0.6 is 0 Å². The second kappa shape index (κ2) is 6.24. The lowest BCUT2D eigenvalue weighted by atomic mass is 9.93. The van der Waals surface area contributed by atoms with Gasteiger partial charge in [-0.05, 0) is 13.0 Å². The molecule has 0 spiro atoms. The van der Waals surface area contributed by atoms with Gasteiger partial charge in [-0.2, -0.15) is 0 Å². The SMILES string of the molecule is COCC(O)c1cc(C)cc2c1OCCC2NC(C)=O. The molecule has 1 aliphatic rings. The molecule has 1 heterocycles. The van der Waals surface area contributed by atoms with E-state index in [1.54, 1.807) is 7.11 Å². The molecular weight excluding hydrogens is 258 g/mol. The third kappa shape index (κ3) is 3.11. The lowest BCUT2D eigenvalue weighted by Gasteiger charge is -2.29. The van der Waals surface area contributed by atoms with Crippen LogP contribution in [0.4, 0.5) is 0 Å². The zero-order valence-corrected chi connectivity index (χ0v) is 12.1. The number of nitrogens with one attached hydrogen (secondary N) is 1. The van der Waals surface area contributed by atoms with E-state index >= 15 is 0 Å². The quantitative estimate of drug-likeness (QED) is 0.879. The van der Waals surface area contributed by atoms with Gasteiger partial charge in [-0.25, -0.2) is 0 Å². The van der Waals surface area contributed by atoms with Crippen LogP contribution in [0.25, 0.3) is 0 Å². The Morgan fingerprint density at radius 2 is 2.35 bits per heavy atom. The number of ether oxygens (including phenoxy) is 2. The Bertz CT molecular complexity index is 501. The van der Waals surface area contributed by atoms with E-state index in [-0.39, 0.29) is 18.6 Å². The summed E-state index contributed by atoms with van der Waals surface area (Å²) < 4.78 is 10.7. The average Bonchev–Trinajstić information content (AvgIpc) is 2.38. The maximum absolute atomic E-state index is 11.3. The zero-order chi connectivity index (χ0) is 14.7. The number of aliphatic hydroxyl groups excluding tert-OH is 1. The van der Waals surface area contributed by atoms with Crippen LogP contribution in [-0.2, 0) is 9.53 Å². The Balaban J connectivity index is 2.41. The number of benzene rings is 1. The summed E-state index contributed by atoms with van der Waals surface area (Å²) in [7, 11) is 1.55. The lowest BCUT2D eigenvalue weighted by molar-refractivity contribution is -0.119. The first-order chi connectivity index (χ1) is 9.52. The lowest BCUT2D eigenvalue weighted by Crippen LogP contribution is -2.31. The average molecular weight is 279 g/mol. The van der Waals surface area contributed by atoms with Crippen LogP contribution in [0.3, 0.4) is 0 Å². The van der Waals surface area contributed by atoms with Crippen LogP contribution < -0.4 is 10.1 Å². The summed E-state index contributed by atoms with van der Waals surface area (Å²) in [6.45, 7) is 4.20. The summed E-state index contributed by atoms with van der Waals surface area (Å²) in [5, 5.41) is 13.1. The summed E-state index contributed by atoms with van der Waals surface area (Å²) in [4.78, 5) is 11.3. The van der Waals surface area contributed by atoms with Crippen LogP contribution in [0, 0.1) is 6.92 Å².